The van der Waals surface area contributed by atoms with Crippen LogP contribution in [0.15, 0.2) is 12.3 Å². The number of aliphatic hydroxyl groups excluding tert-OH is 1. The molecule has 0 aromatic carbocycles. The van der Waals surface area contributed by atoms with Crippen LogP contribution in [-0.4, -0.2) is 52.3 Å². The number of amides is 1. The summed E-state index contributed by atoms with van der Waals surface area (Å²) in [6.45, 7) is 11.6. The molecule has 1 fully saturated rings. The molecule has 1 aromatic heterocycles. The SMILES string of the molecule is CCC(CO)CC=C(C(=O)NC(C)(C)C)c1nc(OC2CCNCC2)cnc1C. The lowest BCUT2D eigenvalue weighted by Gasteiger charge is -2.24. The van der Waals surface area contributed by atoms with Gasteiger partial charge in [0.2, 0.25) is 5.88 Å². The summed E-state index contributed by atoms with van der Waals surface area (Å²) in [5.41, 5.74) is 1.32. The third kappa shape index (κ3) is 7.40. The lowest BCUT2D eigenvalue weighted by atomic mass is 9.99. The predicted octanol–water partition coefficient (Wildman–Crippen LogP) is 2.62. The fourth-order valence-corrected chi connectivity index (χ4v) is 3.19. The molecule has 2 heterocycles. The van der Waals surface area contributed by atoms with Crippen LogP contribution in [0.5, 0.6) is 5.88 Å². The van der Waals surface area contributed by atoms with E-state index in [9.17, 15) is 9.90 Å². The van der Waals surface area contributed by atoms with Crippen molar-refractivity contribution in [3.8, 4) is 5.88 Å². The number of aromatic nitrogens is 2. The summed E-state index contributed by atoms with van der Waals surface area (Å²) in [5, 5.41) is 15.9. The minimum Gasteiger partial charge on any atom is -0.473 e. The standard InChI is InChI=1S/C22H36N4O3/c1-6-16(14-27)7-8-18(21(28)26-22(3,4)5)20-15(2)24-13-19(25-20)29-17-9-11-23-12-10-17/h8,13,16-17,23,27H,6-7,9-12,14H2,1-5H3,(H,26,28). The van der Waals surface area contributed by atoms with Crippen LogP contribution in [0.3, 0.4) is 0 Å². The zero-order valence-electron chi connectivity index (χ0n) is 18.4. The Morgan fingerprint density at radius 2 is 2.10 bits per heavy atom. The number of aryl methyl sites for hydroxylation is 1. The number of piperidine rings is 1. The van der Waals surface area contributed by atoms with E-state index in [1.165, 1.54) is 0 Å². The monoisotopic (exact) mass is 404 g/mol. The van der Waals surface area contributed by atoms with Crippen molar-refractivity contribution in [2.24, 2.45) is 5.92 Å². The molecular formula is C22H36N4O3. The number of nitrogens with one attached hydrogen (secondary N) is 2. The van der Waals surface area contributed by atoms with Crippen molar-refractivity contribution >= 4 is 11.5 Å². The van der Waals surface area contributed by atoms with Gasteiger partial charge >= 0.3 is 0 Å². The van der Waals surface area contributed by atoms with Gasteiger partial charge in [-0.15, -0.1) is 0 Å². The Kier molecular flexibility index (Phi) is 8.59. The predicted molar refractivity (Wildman–Crippen MR) is 115 cm³/mol. The molecule has 1 aliphatic heterocycles. The Hall–Kier alpha value is -1.99. The fourth-order valence-electron chi connectivity index (χ4n) is 3.19. The van der Waals surface area contributed by atoms with Gasteiger partial charge in [-0.05, 0) is 66.0 Å². The van der Waals surface area contributed by atoms with Crippen molar-refractivity contribution in [3.63, 3.8) is 0 Å². The zero-order chi connectivity index (χ0) is 21.4. The van der Waals surface area contributed by atoms with Crippen LogP contribution >= 0.6 is 0 Å². The van der Waals surface area contributed by atoms with E-state index in [1.54, 1.807) is 6.20 Å². The van der Waals surface area contributed by atoms with Gasteiger partial charge in [-0.2, -0.15) is 0 Å². The minimum absolute atomic E-state index is 0.0880. The van der Waals surface area contributed by atoms with Crippen molar-refractivity contribution in [1.82, 2.24) is 20.6 Å². The van der Waals surface area contributed by atoms with Crippen LogP contribution in [0.25, 0.3) is 5.57 Å². The first-order chi connectivity index (χ1) is 13.7. The Bertz CT molecular complexity index is 702. The van der Waals surface area contributed by atoms with Crippen LogP contribution in [-0.2, 0) is 4.79 Å². The van der Waals surface area contributed by atoms with E-state index in [2.05, 4.69) is 20.6 Å². The number of hydrogen-bond donors (Lipinski definition) is 3. The highest BCUT2D eigenvalue weighted by Gasteiger charge is 2.23. The van der Waals surface area contributed by atoms with E-state index in [0.29, 0.717) is 29.3 Å². The number of allylic oxidation sites excluding steroid dienone is 1. The molecule has 162 valence electrons. The van der Waals surface area contributed by atoms with Crippen molar-refractivity contribution in [3.05, 3.63) is 23.7 Å². The first kappa shape index (κ1) is 23.3. The largest absolute Gasteiger partial charge is 0.473 e. The molecule has 2 rings (SSSR count). The smallest absolute Gasteiger partial charge is 0.253 e. The topological polar surface area (TPSA) is 96.4 Å². The highest BCUT2D eigenvalue weighted by Crippen LogP contribution is 2.23. The maximum atomic E-state index is 13.0. The summed E-state index contributed by atoms with van der Waals surface area (Å²) in [7, 11) is 0. The van der Waals surface area contributed by atoms with Gasteiger partial charge in [-0.25, -0.2) is 4.98 Å². The number of carbonyl (C=O) groups excluding carboxylic acids is 1. The molecule has 1 aromatic rings. The second-order valence-electron chi connectivity index (χ2n) is 8.72. The van der Waals surface area contributed by atoms with E-state index in [0.717, 1.165) is 32.4 Å². The number of hydrogen-bond acceptors (Lipinski definition) is 6. The number of nitrogens with zero attached hydrogens (tertiary/aromatic N) is 2. The second kappa shape index (κ2) is 10.7. The maximum absolute atomic E-state index is 13.0. The first-order valence-electron chi connectivity index (χ1n) is 10.6. The van der Waals surface area contributed by atoms with Gasteiger partial charge in [-0.1, -0.05) is 19.4 Å². The van der Waals surface area contributed by atoms with Gasteiger partial charge in [0.15, 0.2) is 0 Å². The quantitative estimate of drug-likeness (QED) is 0.577. The highest BCUT2D eigenvalue weighted by atomic mass is 16.5. The van der Waals surface area contributed by atoms with E-state index in [-0.39, 0.29) is 30.1 Å². The normalized spacial score (nSPS) is 17.1. The minimum atomic E-state index is -0.373. The van der Waals surface area contributed by atoms with Gasteiger partial charge in [0.1, 0.15) is 11.8 Å². The van der Waals surface area contributed by atoms with Gasteiger partial charge < -0.3 is 20.5 Å². The molecule has 0 aliphatic carbocycles. The van der Waals surface area contributed by atoms with Gasteiger partial charge in [-0.3, -0.25) is 9.78 Å². The molecule has 29 heavy (non-hydrogen) atoms. The molecular weight excluding hydrogens is 368 g/mol. The van der Waals surface area contributed by atoms with Crippen LogP contribution in [0.4, 0.5) is 0 Å². The average molecular weight is 405 g/mol. The summed E-state index contributed by atoms with van der Waals surface area (Å²) in [4.78, 5) is 22.1. The molecule has 0 spiro atoms. The molecule has 1 aliphatic rings. The molecule has 3 N–H and O–H groups in total. The van der Waals surface area contributed by atoms with Gasteiger partial charge in [0.25, 0.3) is 5.91 Å². The molecule has 1 unspecified atom stereocenters. The molecule has 0 bridgehead atoms. The first-order valence-corrected chi connectivity index (χ1v) is 10.6. The second-order valence-corrected chi connectivity index (χ2v) is 8.72. The molecule has 7 heteroatoms. The van der Waals surface area contributed by atoms with Crippen LogP contribution < -0.4 is 15.4 Å². The highest BCUT2D eigenvalue weighted by molar-refractivity contribution is 6.19. The molecule has 1 saturated heterocycles. The van der Waals surface area contributed by atoms with E-state index < -0.39 is 0 Å². The molecule has 7 nitrogen and oxygen atoms in total. The van der Waals surface area contributed by atoms with Crippen LogP contribution in [0.1, 0.15) is 64.8 Å². The maximum Gasteiger partial charge on any atom is 0.253 e. The Balaban J connectivity index is 2.33. The molecule has 0 radical (unpaired) electrons. The number of ether oxygens (including phenoxy) is 1. The zero-order valence-corrected chi connectivity index (χ0v) is 18.4. The van der Waals surface area contributed by atoms with Gasteiger partial charge in [0, 0.05) is 12.1 Å². The average Bonchev–Trinajstić information content (AvgIpc) is 2.67. The van der Waals surface area contributed by atoms with Crippen molar-refractivity contribution in [1.29, 1.82) is 0 Å². The fraction of sp³-hybridized carbons (Fsp3) is 0.682. The number of rotatable bonds is 8. The molecule has 0 saturated carbocycles. The molecule has 1 amide bonds. The summed E-state index contributed by atoms with van der Waals surface area (Å²) >= 11 is 0. The summed E-state index contributed by atoms with van der Waals surface area (Å²) in [6.07, 6.45) is 6.89. The van der Waals surface area contributed by atoms with Crippen molar-refractivity contribution in [2.45, 2.75) is 71.9 Å². The number of carbonyl (C=O) groups is 1. The Labute approximate surface area is 174 Å². The van der Waals surface area contributed by atoms with E-state index in [1.807, 2.05) is 40.7 Å². The van der Waals surface area contributed by atoms with Crippen LogP contribution in [0, 0.1) is 12.8 Å². The Morgan fingerprint density at radius 1 is 1.41 bits per heavy atom. The lowest BCUT2D eigenvalue weighted by Crippen LogP contribution is -2.41. The lowest BCUT2D eigenvalue weighted by molar-refractivity contribution is -0.116. The summed E-state index contributed by atoms with van der Waals surface area (Å²) in [5.74, 6) is 0.359. The Morgan fingerprint density at radius 3 is 2.69 bits per heavy atom. The van der Waals surface area contributed by atoms with E-state index in [4.69, 9.17) is 4.74 Å². The third-order valence-corrected chi connectivity index (χ3v) is 4.99. The van der Waals surface area contributed by atoms with Crippen molar-refractivity contribution < 1.29 is 14.6 Å². The number of aliphatic hydroxyl groups is 1. The van der Waals surface area contributed by atoms with Crippen molar-refractivity contribution in [2.75, 3.05) is 19.7 Å². The molecule has 1 atom stereocenters. The summed E-state index contributed by atoms with van der Waals surface area (Å²) < 4.78 is 6.04. The van der Waals surface area contributed by atoms with E-state index >= 15 is 0 Å². The third-order valence-electron chi connectivity index (χ3n) is 4.99. The van der Waals surface area contributed by atoms with Crippen LogP contribution in [0.2, 0.25) is 0 Å². The van der Waals surface area contributed by atoms with Gasteiger partial charge in [0.05, 0.1) is 17.5 Å². The summed E-state index contributed by atoms with van der Waals surface area (Å²) in [6, 6.07) is 0.